The molecule has 2 fully saturated rings. The summed E-state index contributed by atoms with van der Waals surface area (Å²) in [6, 6.07) is 0. The molecule has 0 unspecified atom stereocenters. The van der Waals surface area contributed by atoms with E-state index in [0.717, 1.165) is 19.3 Å². The maximum absolute atomic E-state index is 13.5. The van der Waals surface area contributed by atoms with E-state index in [9.17, 15) is 22.8 Å². The van der Waals surface area contributed by atoms with Crippen molar-refractivity contribution in [1.82, 2.24) is 0 Å². The summed E-state index contributed by atoms with van der Waals surface area (Å²) in [6.45, 7) is 3.94. The van der Waals surface area contributed by atoms with Gasteiger partial charge in [-0.25, -0.2) is 0 Å². The minimum Gasteiger partial charge on any atom is -0.299 e. The summed E-state index contributed by atoms with van der Waals surface area (Å²) in [4.78, 5) is 24.4. The first kappa shape index (κ1) is 17.0. The van der Waals surface area contributed by atoms with Crippen molar-refractivity contribution in [2.45, 2.75) is 58.5 Å². The molecule has 0 radical (unpaired) electrons. The molecule has 0 N–H and O–H groups in total. The van der Waals surface area contributed by atoms with Gasteiger partial charge < -0.3 is 0 Å². The summed E-state index contributed by atoms with van der Waals surface area (Å²) in [6.07, 6.45) is 2.22. The van der Waals surface area contributed by atoms with Crippen molar-refractivity contribution in [2.24, 2.45) is 28.6 Å². The molecule has 0 bridgehead atoms. The van der Waals surface area contributed by atoms with Gasteiger partial charge in [-0.2, -0.15) is 13.2 Å². The number of alkyl halides is 3. The molecule has 4 rings (SSSR count). The van der Waals surface area contributed by atoms with Crippen molar-refractivity contribution in [3.8, 4) is 0 Å². The lowest BCUT2D eigenvalue weighted by atomic mass is 9.49. The highest BCUT2D eigenvalue weighted by atomic mass is 19.4. The third kappa shape index (κ3) is 2.16. The van der Waals surface area contributed by atoms with Gasteiger partial charge in [-0.05, 0) is 54.4 Å². The van der Waals surface area contributed by atoms with Crippen molar-refractivity contribution >= 4 is 11.6 Å². The van der Waals surface area contributed by atoms with Crippen molar-refractivity contribution in [3.05, 3.63) is 23.3 Å². The van der Waals surface area contributed by atoms with Crippen LogP contribution >= 0.6 is 0 Å². The Kier molecular flexibility index (Phi) is 3.46. The van der Waals surface area contributed by atoms with Gasteiger partial charge in [-0.3, -0.25) is 9.59 Å². The average molecular weight is 352 g/mol. The number of allylic oxidation sites excluding steroid dienone is 4. The second kappa shape index (κ2) is 5.08. The fourth-order valence-corrected chi connectivity index (χ4v) is 6.22. The summed E-state index contributed by atoms with van der Waals surface area (Å²) < 4.78 is 40.6. The topological polar surface area (TPSA) is 34.1 Å². The van der Waals surface area contributed by atoms with Crippen molar-refractivity contribution in [1.29, 1.82) is 0 Å². The normalized spacial score (nSPS) is 43.8. The van der Waals surface area contributed by atoms with E-state index >= 15 is 0 Å². The lowest BCUT2D eigenvalue weighted by Gasteiger charge is -2.55. The van der Waals surface area contributed by atoms with E-state index in [4.69, 9.17) is 0 Å². The second-order valence-electron chi connectivity index (χ2n) is 8.69. The predicted molar refractivity (Wildman–Crippen MR) is 86.6 cm³/mol. The molecule has 0 aromatic carbocycles. The van der Waals surface area contributed by atoms with Crippen LogP contribution in [-0.2, 0) is 9.59 Å². The van der Waals surface area contributed by atoms with Crippen LogP contribution in [0.5, 0.6) is 0 Å². The Balaban J connectivity index is 1.84. The van der Waals surface area contributed by atoms with Crippen molar-refractivity contribution in [2.75, 3.05) is 0 Å². The molecule has 0 heterocycles. The third-order valence-corrected chi connectivity index (χ3v) is 7.66. The van der Waals surface area contributed by atoms with E-state index in [1.54, 1.807) is 6.08 Å². The van der Waals surface area contributed by atoms with Crippen LogP contribution in [0.3, 0.4) is 0 Å². The number of carbonyl (C=O) groups excluding carboxylic acids is 2. The molecule has 4 aliphatic carbocycles. The molecule has 0 aliphatic heterocycles. The van der Waals surface area contributed by atoms with Gasteiger partial charge >= 0.3 is 6.18 Å². The highest BCUT2D eigenvalue weighted by molar-refractivity contribution is 5.99. The van der Waals surface area contributed by atoms with Gasteiger partial charge in [-0.15, -0.1) is 0 Å². The SMILES string of the molecule is C[C@]12CCC(=O)C(C(F)(F)F)=C1C=C[C@@H]1[C@@H]2CC[C@]2(C)C(=O)CC[C@@H]12. The zero-order valence-corrected chi connectivity index (χ0v) is 14.6. The molecular weight excluding hydrogens is 329 g/mol. The van der Waals surface area contributed by atoms with Gasteiger partial charge in [0.1, 0.15) is 11.4 Å². The average Bonchev–Trinajstić information content (AvgIpc) is 2.82. The van der Waals surface area contributed by atoms with Crippen LogP contribution in [-0.4, -0.2) is 17.7 Å². The molecule has 0 spiro atoms. The van der Waals surface area contributed by atoms with Gasteiger partial charge in [0, 0.05) is 18.3 Å². The Morgan fingerprint density at radius 1 is 1.00 bits per heavy atom. The second-order valence-corrected chi connectivity index (χ2v) is 8.69. The molecule has 2 saturated carbocycles. The minimum atomic E-state index is -4.60. The summed E-state index contributed by atoms with van der Waals surface area (Å²) in [5, 5.41) is 0. The van der Waals surface area contributed by atoms with Crippen molar-refractivity contribution in [3.63, 3.8) is 0 Å². The van der Waals surface area contributed by atoms with Crippen LogP contribution in [0, 0.1) is 28.6 Å². The van der Waals surface area contributed by atoms with Crippen LogP contribution in [0.2, 0.25) is 0 Å². The van der Waals surface area contributed by atoms with Crippen molar-refractivity contribution < 1.29 is 22.8 Å². The maximum Gasteiger partial charge on any atom is 0.420 e. The zero-order chi connectivity index (χ0) is 18.2. The first-order chi connectivity index (χ1) is 11.6. The van der Waals surface area contributed by atoms with Gasteiger partial charge in [0.15, 0.2) is 5.78 Å². The quantitative estimate of drug-likeness (QED) is 0.628. The number of hydrogen-bond acceptors (Lipinski definition) is 2. The van der Waals surface area contributed by atoms with Gasteiger partial charge in [0.25, 0.3) is 0 Å². The fraction of sp³-hybridized carbons (Fsp3) is 0.700. The number of rotatable bonds is 0. The zero-order valence-electron chi connectivity index (χ0n) is 14.6. The van der Waals surface area contributed by atoms with E-state index in [1.807, 2.05) is 19.9 Å². The highest BCUT2D eigenvalue weighted by Crippen LogP contribution is 2.63. The molecule has 25 heavy (non-hydrogen) atoms. The maximum atomic E-state index is 13.5. The smallest absolute Gasteiger partial charge is 0.299 e. The Labute approximate surface area is 145 Å². The Hall–Kier alpha value is -1.39. The lowest BCUT2D eigenvalue weighted by Crippen LogP contribution is -2.50. The molecule has 136 valence electrons. The molecular formula is C20H23F3O2. The minimum absolute atomic E-state index is 0.0350. The fourth-order valence-electron chi connectivity index (χ4n) is 6.22. The number of fused-ring (bicyclic) bond motifs is 5. The first-order valence-electron chi connectivity index (χ1n) is 9.16. The number of halogens is 3. The first-order valence-corrected chi connectivity index (χ1v) is 9.16. The Morgan fingerprint density at radius 3 is 2.36 bits per heavy atom. The highest BCUT2D eigenvalue weighted by Gasteiger charge is 2.59. The predicted octanol–water partition coefficient (Wildman–Crippen LogP) is 4.80. The number of hydrogen-bond donors (Lipinski definition) is 0. The van der Waals surface area contributed by atoms with Gasteiger partial charge in [-0.1, -0.05) is 26.0 Å². The molecule has 0 amide bonds. The van der Waals surface area contributed by atoms with Crippen LogP contribution in [0.4, 0.5) is 13.2 Å². The summed E-state index contributed by atoms with van der Waals surface area (Å²) in [5.41, 5.74) is -1.69. The summed E-state index contributed by atoms with van der Waals surface area (Å²) >= 11 is 0. The van der Waals surface area contributed by atoms with Gasteiger partial charge in [0.05, 0.1) is 0 Å². The molecule has 4 aliphatic rings. The third-order valence-electron chi connectivity index (χ3n) is 7.66. The van der Waals surface area contributed by atoms with Crippen LogP contribution in [0.25, 0.3) is 0 Å². The molecule has 5 atom stereocenters. The molecule has 5 heteroatoms. The van der Waals surface area contributed by atoms with E-state index in [2.05, 4.69) is 0 Å². The number of carbonyl (C=O) groups is 2. The standard InChI is InChI=1S/C20H23F3O2/c1-18-10-8-15(24)17(20(21,22)23)14(18)4-3-11-12-5-6-16(25)19(12,2)9-7-13(11)18/h3-4,11-13H,5-10H2,1-2H3/t11-,12-,13-,18+,19-/m0/s1. The Bertz CT molecular complexity index is 717. The van der Waals surface area contributed by atoms with Crippen LogP contribution in [0.1, 0.15) is 52.4 Å². The van der Waals surface area contributed by atoms with E-state index in [1.165, 1.54) is 0 Å². The number of Topliss-reactive ketones (excluding diaryl/α,β-unsaturated/α-hetero) is 2. The molecule has 0 saturated heterocycles. The van der Waals surface area contributed by atoms with Crippen LogP contribution < -0.4 is 0 Å². The Morgan fingerprint density at radius 2 is 1.68 bits per heavy atom. The van der Waals surface area contributed by atoms with E-state index in [-0.39, 0.29) is 35.2 Å². The summed E-state index contributed by atoms with van der Waals surface area (Å²) in [5.74, 6) is -0.0192. The van der Waals surface area contributed by atoms with Gasteiger partial charge in [0.2, 0.25) is 0 Å². The van der Waals surface area contributed by atoms with E-state index in [0.29, 0.717) is 18.6 Å². The molecule has 0 aromatic heterocycles. The number of ketones is 2. The molecule has 0 aromatic rings. The lowest BCUT2D eigenvalue weighted by molar-refractivity contribution is -0.133. The van der Waals surface area contributed by atoms with E-state index < -0.39 is 22.9 Å². The van der Waals surface area contributed by atoms with Crippen LogP contribution in [0.15, 0.2) is 23.3 Å². The largest absolute Gasteiger partial charge is 0.420 e. The monoisotopic (exact) mass is 352 g/mol. The summed E-state index contributed by atoms with van der Waals surface area (Å²) in [7, 11) is 0. The molecule has 2 nitrogen and oxygen atoms in total.